The minimum Gasteiger partial charge on any atom is -0.507 e. The van der Waals surface area contributed by atoms with Crippen molar-refractivity contribution in [1.29, 1.82) is 0 Å². The van der Waals surface area contributed by atoms with Gasteiger partial charge in [0.25, 0.3) is 5.78 Å². The number of anilines is 1. The lowest BCUT2D eigenvalue weighted by atomic mass is 9.95. The number of ketones is 1. The molecular weight excluding hydrogens is 396 g/mol. The molecular formula is C24H20N2O5. The van der Waals surface area contributed by atoms with E-state index < -0.39 is 17.7 Å². The summed E-state index contributed by atoms with van der Waals surface area (Å²) >= 11 is 0. The maximum absolute atomic E-state index is 13.0. The zero-order valence-corrected chi connectivity index (χ0v) is 16.8. The zero-order chi connectivity index (χ0) is 22.0. The average molecular weight is 416 g/mol. The molecule has 3 aromatic rings. The number of aryl methyl sites for hydroxylation is 1. The zero-order valence-electron chi connectivity index (χ0n) is 16.8. The summed E-state index contributed by atoms with van der Waals surface area (Å²) in [4.78, 5) is 27.2. The summed E-state index contributed by atoms with van der Waals surface area (Å²) in [6, 6.07) is 16.3. The van der Waals surface area contributed by atoms with E-state index in [4.69, 9.17) is 9.26 Å². The number of carbonyl (C=O) groups excluding carboxylic acids is 2. The van der Waals surface area contributed by atoms with Gasteiger partial charge in [-0.15, -0.1) is 0 Å². The number of aliphatic hydroxyl groups excluding tert-OH is 1. The van der Waals surface area contributed by atoms with Crippen LogP contribution in [-0.2, 0) is 9.59 Å². The molecule has 1 aromatic heterocycles. The Morgan fingerprint density at radius 1 is 1.19 bits per heavy atom. The molecule has 1 unspecified atom stereocenters. The lowest BCUT2D eigenvalue weighted by molar-refractivity contribution is -0.132. The van der Waals surface area contributed by atoms with Gasteiger partial charge in [-0.1, -0.05) is 48.1 Å². The SMILES string of the molecule is C=CCOc1ccc(C(O)=C2C(=O)C(=O)N(c3cc(C)on3)C2c2ccccc2)cc1. The number of Topliss-reactive ketones (excluding diaryl/α,β-unsaturated/α-hetero) is 1. The third-order valence-electron chi connectivity index (χ3n) is 4.92. The predicted molar refractivity (Wildman–Crippen MR) is 115 cm³/mol. The summed E-state index contributed by atoms with van der Waals surface area (Å²) < 4.78 is 10.6. The Morgan fingerprint density at radius 3 is 2.52 bits per heavy atom. The van der Waals surface area contributed by atoms with Crippen LogP contribution in [0, 0.1) is 6.92 Å². The lowest BCUT2D eigenvalue weighted by Crippen LogP contribution is -2.29. The van der Waals surface area contributed by atoms with Crippen molar-refractivity contribution in [3.05, 3.63) is 95.8 Å². The fourth-order valence-electron chi connectivity index (χ4n) is 3.51. The van der Waals surface area contributed by atoms with E-state index in [1.165, 1.54) is 4.90 Å². The molecule has 7 nitrogen and oxygen atoms in total. The summed E-state index contributed by atoms with van der Waals surface area (Å²) in [5.41, 5.74) is 1.03. The number of aromatic nitrogens is 1. The number of hydrogen-bond donors (Lipinski definition) is 1. The third-order valence-corrected chi connectivity index (χ3v) is 4.92. The van der Waals surface area contributed by atoms with Gasteiger partial charge in [0.2, 0.25) is 0 Å². The quantitative estimate of drug-likeness (QED) is 0.281. The van der Waals surface area contributed by atoms with Crippen LogP contribution >= 0.6 is 0 Å². The summed E-state index contributed by atoms with van der Waals surface area (Å²) in [6.07, 6.45) is 1.63. The first-order valence-corrected chi connectivity index (χ1v) is 9.64. The number of amides is 1. The predicted octanol–water partition coefficient (Wildman–Crippen LogP) is 4.17. The van der Waals surface area contributed by atoms with Crippen molar-refractivity contribution in [2.45, 2.75) is 13.0 Å². The van der Waals surface area contributed by atoms with Gasteiger partial charge in [-0.3, -0.25) is 14.5 Å². The van der Waals surface area contributed by atoms with E-state index in [0.717, 1.165) is 0 Å². The highest BCUT2D eigenvalue weighted by Crippen LogP contribution is 2.41. The van der Waals surface area contributed by atoms with E-state index >= 15 is 0 Å². The van der Waals surface area contributed by atoms with Gasteiger partial charge >= 0.3 is 5.91 Å². The van der Waals surface area contributed by atoms with E-state index in [9.17, 15) is 14.7 Å². The smallest absolute Gasteiger partial charge is 0.301 e. The number of carbonyl (C=O) groups is 2. The first-order valence-electron chi connectivity index (χ1n) is 9.64. The molecule has 0 spiro atoms. The minimum atomic E-state index is -0.845. The van der Waals surface area contributed by atoms with Crippen LogP contribution in [0.4, 0.5) is 5.82 Å². The first kappa shape index (κ1) is 20.2. The average Bonchev–Trinajstić information content (AvgIpc) is 3.33. The summed E-state index contributed by atoms with van der Waals surface area (Å²) in [7, 11) is 0. The van der Waals surface area contributed by atoms with Crippen LogP contribution in [-0.4, -0.2) is 28.6 Å². The number of benzene rings is 2. The van der Waals surface area contributed by atoms with Gasteiger partial charge in [-0.25, -0.2) is 0 Å². The highest BCUT2D eigenvalue weighted by molar-refractivity contribution is 6.51. The second-order valence-electron chi connectivity index (χ2n) is 7.00. The fraction of sp³-hybridized carbons (Fsp3) is 0.125. The van der Waals surface area contributed by atoms with Crippen molar-refractivity contribution in [3.8, 4) is 5.75 Å². The molecule has 4 rings (SSSR count). The number of nitrogens with zero attached hydrogens (tertiary/aromatic N) is 2. The molecule has 1 N–H and O–H groups in total. The molecule has 7 heteroatoms. The second kappa shape index (κ2) is 8.31. The molecule has 0 radical (unpaired) electrons. The molecule has 2 heterocycles. The van der Waals surface area contributed by atoms with E-state index in [0.29, 0.717) is 29.2 Å². The van der Waals surface area contributed by atoms with E-state index in [1.807, 2.05) is 6.07 Å². The van der Waals surface area contributed by atoms with E-state index in [-0.39, 0.29) is 17.2 Å². The van der Waals surface area contributed by atoms with Crippen molar-refractivity contribution < 1.29 is 24.0 Å². The molecule has 1 amide bonds. The molecule has 0 bridgehead atoms. The van der Waals surface area contributed by atoms with Gasteiger partial charge in [0.05, 0.1) is 11.6 Å². The number of ether oxygens (including phenoxy) is 1. The van der Waals surface area contributed by atoms with E-state index in [1.54, 1.807) is 67.6 Å². The number of aliphatic hydroxyl groups is 1. The van der Waals surface area contributed by atoms with Crippen LogP contribution in [0.25, 0.3) is 5.76 Å². The van der Waals surface area contributed by atoms with Gasteiger partial charge in [-0.05, 0) is 36.8 Å². The summed E-state index contributed by atoms with van der Waals surface area (Å²) in [5.74, 6) is -0.548. The highest BCUT2D eigenvalue weighted by Gasteiger charge is 2.48. The normalized spacial score (nSPS) is 17.7. The van der Waals surface area contributed by atoms with Gasteiger partial charge < -0.3 is 14.4 Å². The largest absolute Gasteiger partial charge is 0.507 e. The standard InChI is InChI=1S/C24H20N2O5/c1-3-13-30-18-11-9-17(10-12-18)22(27)20-21(16-7-5-4-6-8-16)26(24(29)23(20)28)19-14-15(2)31-25-19/h3-12,14,21,27H,1,13H2,2H3. The number of hydrogen-bond acceptors (Lipinski definition) is 6. The molecule has 2 aromatic carbocycles. The first-order chi connectivity index (χ1) is 15.0. The van der Waals surface area contributed by atoms with Gasteiger partial charge in [0, 0.05) is 11.6 Å². The topological polar surface area (TPSA) is 92.9 Å². The monoisotopic (exact) mass is 416 g/mol. The van der Waals surface area contributed by atoms with Crippen LogP contribution in [0.1, 0.15) is 22.9 Å². The maximum Gasteiger partial charge on any atom is 0.301 e. The van der Waals surface area contributed by atoms with Crippen LogP contribution in [0.5, 0.6) is 5.75 Å². The third kappa shape index (κ3) is 3.73. The van der Waals surface area contributed by atoms with Crippen molar-refractivity contribution in [3.63, 3.8) is 0 Å². The number of rotatable bonds is 6. The molecule has 1 aliphatic heterocycles. The Labute approximate surface area is 178 Å². The van der Waals surface area contributed by atoms with Gasteiger partial charge in [0.15, 0.2) is 5.82 Å². The lowest BCUT2D eigenvalue weighted by Gasteiger charge is -2.22. The van der Waals surface area contributed by atoms with Crippen LogP contribution in [0.15, 0.2) is 83.4 Å². The van der Waals surface area contributed by atoms with Gasteiger partial charge in [0.1, 0.15) is 23.9 Å². The molecule has 31 heavy (non-hydrogen) atoms. The van der Waals surface area contributed by atoms with E-state index in [2.05, 4.69) is 11.7 Å². The minimum absolute atomic E-state index is 0.0170. The van der Waals surface area contributed by atoms with Crippen LogP contribution in [0.2, 0.25) is 0 Å². The Bertz CT molecular complexity index is 1160. The molecule has 0 aliphatic carbocycles. The molecule has 1 atom stereocenters. The van der Waals surface area contributed by atoms with Crippen LogP contribution < -0.4 is 9.64 Å². The van der Waals surface area contributed by atoms with Gasteiger partial charge in [-0.2, -0.15) is 0 Å². The second-order valence-corrected chi connectivity index (χ2v) is 7.00. The van der Waals surface area contributed by atoms with Crippen molar-refractivity contribution >= 4 is 23.3 Å². The highest BCUT2D eigenvalue weighted by atomic mass is 16.5. The molecule has 1 fully saturated rings. The molecule has 0 saturated carbocycles. The van der Waals surface area contributed by atoms with Crippen molar-refractivity contribution in [2.75, 3.05) is 11.5 Å². The Kier molecular flexibility index (Phi) is 5.41. The molecule has 1 aliphatic rings. The van der Waals surface area contributed by atoms with Crippen molar-refractivity contribution in [1.82, 2.24) is 5.16 Å². The molecule has 156 valence electrons. The Morgan fingerprint density at radius 2 is 1.90 bits per heavy atom. The van der Waals surface area contributed by atoms with Crippen molar-refractivity contribution in [2.24, 2.45) is 0 Å². The molecule has 1 saturated heterocycles. The maximum atomic E-state index is 13.0. The Hall–Kier alpha value is -4.13. The fourth-order valence-corrected chi connectivity index (χ4v) is 3.51. The summed E-state index contributed by atoms with van der Waals surface area (Å²) in [5, 5.41) is 15.0. The van der Waals surface area contributed by atoms with Crippen LogP contribution in [0.3, 0.4) is 0 Å². The Balaban J connectivity index is 1.83. The summed E-state index contributed by atoms with van der Waals surface area (Å²) in [6.45, 7) is 5.65.